The minimum atomic E-state index is -4.64. The molecule has 3 saturated carbocycles. The second-order valence-electron chi connectivity index (χ2n) is 8.59. The summed E-state index contributed by atoms with van der Waals surface area (Å²) in [4.78, 5) is 23.0. The molecular weight excluding hydrogens is 428 g/mol. The molecule has 10 heteroatoms. The van der Waals surface area contributed by atoms with Crippen molar-refractivity contribution in [2.45, 2.75) is 37.9 Å². The lowest BCUT2D eigenvalue weighted by atomic mass is 9.61. The summed E-state index contributed by atoms with van der Waals surface area (Å²) in [5, 5.41) is 13.1. The van der Waals surface area contributed by atoms with Gasteiger partial charge in [0.15, 0.2) is 0 Å². The second-order valence-corrected chi connectivity index (χ2v) is 8.59. The van der Waals surface area contributed by atoms with Crippen LogP contribution in [0, 0.1) is 23.6 Å². The summed E-state index contributed by atoms with van der Waals surface area (Å²) in [6.45, 7) is 0. The predicted octanol–water partition coefficient (Wildman–Crippen LogP) is 5.08. The molecule has 0 saturated heterocycles. The van der Waals surface area contributed by atoms with Gasteiger partial charge in [0.05, 0.1) is 23.4 Å². The number of anilines is 1. The van der Waals surface area contributed by atoms with Gasteiger partial charge in [-0.25, -0.2) is 14.4 Å². The van der Waals surface area contributed by atoms with E-state index in [1.54, 1.807) is 0 Å². The van der Waals surface area contributed by atoms with Crippen LogP contribution in [-0.2, 0) is 11.0 Å². The van der Waals surface area contributed by atoms with Crippen LogP contribution in [0.3, 0.4) is 0 Å². The number of carboxylic acid groups (broad SMARTS) is 1. The molecule has 0 spiro atoms. The highest BCUT2D eigenvalue weighted by Gasteiger charge is 2.47. The third kappa shape index (κ3) is 3.57. The monoisotopic (exact) mass is 448 g/mol. The summed E-state index contributed by atoms with van der Waals surface area (Å²) in [5.41, 5.74) is -0.322. The Morgan fingerprint density at radius 3 is 2.53 bits per heavy atom. The van der Waals surface area contributed by atoms with E-state index >= 15 is 0 Å². The number of nitrogens with zero attached hydrogens (tertiary/aromatic N) is 2. The molecule has 3 aromatic heterocycles. The number of aliphatic carboxylic acids is 1. The number of halogens is 4. The Morgan fingerprint density at radius 2 is 1.84 bits per heavy atom. The zero-order valence-corrected chi connectivity index (χ0v) is 16.8. The molecule has 3 aromatic rings. The Balaban J connectivity index is 1.58. The molecule has 3 N–H and O–H groups in total. The molecular formula is C22H20F4N4O2. The molecule has 2 bridgehead atoms. The van der Waals surface area contributed by atoms with Gasteiger partial charge in [-0.05, 0) is 55.7 Å². The molecule has 0 aliphatic heterocycles. The van der Waals surface area contributed by atoms with E-state index in [4.69, 9.17) is 0 Å². The average molecular weight is 448 g/mol. The van der Waals surface area contributed by atoms with E-state index in [2.05, 4.69) is 20.3 Å². The van der Waals surface area contributed by atoms with Gasteiger partial charge < -0.3 is 15.4 Å². The molecule has 3 heterocycles. The van der Waals surface area contributed by atoms with Crippen LogP contribution in [0.2, 0.25) is 0 Å². The Labute approximate surface area is 180 Å². The fourth-order valence-electron chi connectivity index (χ4n) is 5.28. The van der Waals surface area contributed by atoms with E-state index in [0.29, 0.717) is 11.0 Å². The average Bonchev–Trinajstić information content (AvgIpc) is 3.16. The standard InChI is InChI=1S/C22H20F4N4O2/c23-13-7-14-15(9-28-20(14)27-8-13)16-5-12(22(24,25)26)6-17(29-16)30-19-11-3-1-10(2-4-11)18(19)21(31)32/h5-11,18-19H,1-4H2,(H,27,28)(H,29,30)(H,31,32)/t10?,11?,18-,19?/m1/s1. The minimum absolute atomic E-state index is 0.00272. The van der Waals surface area contributed by atoms with Crippen LogP contribution < -0.4 is 5.32 Å². The van der Waals surface area contributed by atoms with E-state index in [9.17, 15) is 27.5 Å². The van der Waals surface area contributed by atoms with Crippen LogP contribution >= 0.6 is 0 Å². The van der Waals surface area contributed by atoms with Crippen molar-refractivity contribution in [1.29, 1.82) is 0 Å². The largest absolute Gasteiger partial charge is 0.481 e. The fraction of sp³-hybridized carbons (Fsp3) is 0.409. The van der Waals surface area contributed by atoms with Crippen molar-refractivity contribution in [2.75, 3.05) is 5.32 Å². The summed E-state index contributed by atoms with van der Waals surface area (Å²) in [5.74, 6) is -2.21. The van der Waals surface area contributed by atoms with E-state index in [-0.39, 0.29) is 28.9 Å². The van der Waals surface area contributed by atoms with Crippen molar-refractivity contribution in [2.24, 2.45) is 17.8 Å². The topological polar surface area (TPSA) is 90.9 Å². The normalized spacial score (nSPS) is 25.2. The lowest BCUT2D eigenvalue weighted by molar-refractivity contribution is -0.148. The van der Waals surface area contributed by atoms with Crippen molar-refractivity contribution < 1.29 is 27.5 Å². The number of hydrogen-bond acceptors (Lipinski definition) is 4. The van der Waals surface area contributed by atoms with Crippen LogP contribution in [0.25, 0.3) is 22.3 Å². The number of carboxylic acids is 1. The molecule has 3 aliphatic carbocycles. The van der Waals surface area contributed by atoms with Gasteiger partial charge in [-0.1, -0.05) is 0 Å². The summed E-state index contributed by atoms with van der Waals surface area (Å²) in [6.07, 6.45) is 1.12. The van der Waals surface area contributed by atoms with Gasteiger partial charge in [-0.2, -0.15) is 13.2 Å². The number of nitrogens with one attached hydrogen (secondary N) is 2. The maximum Gasteiger partial charge on any atom is 0.416 e. The van der Waals surface area contributed by atoms with Gasteiger partial charge in [-0.15, -0.1) is 0 Å². The first-order chi connectivity index (χ1) is 15.2. The summed E-state index contributed by atoms with van der Waals surface area (Å²) >= 11 is 0. The van der Waals surface area contributed by atoms with Crippen molar-refractivity contribution in [1.82, 2.24) is 15.0 Å². The third-order valence-corrected chi connectivity index (χ3v) is 6.75. The van der Waals surface area contributed by atoms with Crippen LogP contribution in [0.15, 0.2) is 30.6 Å². The molecule has 0 radical (unpaired) electrons. The van der Waals surface area contributed by atoms with E-state index in [0.717, 1.165) is 44.0 Å². The first-order valence-electron chi connectivity index (χ1n) is 10.4. The quantitative estimate of drug-likeness (QED) is 0.484. The molecule has 32 heavy (non-hydrogen) atoms. The Bertz CT molecular complexity index is 1180. The number of rotatable bonds is 4. The Kier molecular flexibility index (Phi) is 4.83. The lowest BCUT2D eigenvalue weighted by Crippen LogP contribution is -2.51. The van der Waals surface area contributed by atoms with Gasteiger partial charge in [-0.3, -0.25) is 4.79 Å². The van der Waals surface area contributed by atoms with Crippen molar-refractivity contribution >= 4 is 22.8 Å². The molecule has 6 rings (SSSR count). The van der Waals surface area contributed by atoms with Crippen LogP contribution in [0.5, 0.6) is 0 Å². The van der Waals surface area contributed by atoms with E-state index in [1.807, 2.05) is 0 Å². The zero-order valence-electron chi connectivity index (χ0n) is 16.8. The maximum atomic E-state index is 13.7. The van der Waals surface area contributed by atoms with Crippen LogP contribution in [-0.4, -0.2) is 32.1 Å². The van der Waals surface area contributed by atoms with Gasteiger partial charge in [0.2, 0.25) is 0 Å². The number of aromatic nitrogens is 3. The van der Waals surface area contributed by atoms with Crippen molar-refractivity contribution in [3.8, 4) is 11.3 Å². The number of H-pyrrole nitrogens is 1. The van der Waals surface area contributed by atoms with E-state index < -0.39 is 35.5 Å². The molecule has 168 valence electrons. The second kappa shape index (κ2) is 7.46. The van der Waals surface area contributed by atoms with Crippen LogP contribution in [0.4, 0.5) is 23.4 Å². The molecule has 1 unspecified atom stereocenters. The Hall–Kier alpha value is -3.17. The Morgan fingerprint density at radius 1 is 1.12 bits per heavy atom. The molecule has 2 atom stereocenters. The highest BCUT2D eigenvalue weighted by atomic mass is 19.4. The summed E-state index contributed by atoms with van der Waals surface area (Å²) in [7, 11) is 0. The van der Waals surface area contributed by atoms with E-state index in [1.165, 1.54) is 12.3 Å². The summed E-state index contributed by atoms with van der Waals surface area (Å²) < 4.78 is 54.7. The van der Waals surface area contributed by atoms with Gasteiger partial charge in [0, 0.05) is 23.2 Å². The number of hydrogen-bond donors (Lipinski definition) is 3. The first kappa shape index (κ1) is 20.7. The number of carbonyl (C=O) groups is 1. The lowest BCUT2D eigenvalue weighted by Gasteiger charge is -2.47. The predicted molar refractivity (Wildman–Crippen MR) is 108 cm³/mol. The SMILES string of the molecule is O=C(O)[C@@H]1C2CCC(CC2)C1Nc1cc(C(F)(F)F)cc(-c2c[nH]c3ncc(F)cc23)n1. The van der Waals surface area contributed by atoms with Crippen molar-refractivity contribution in [3.05, 3.63) is 42.0 Å². The number of fused-ring (bicyclic) bond motifs is 4. The zero-order chi connectivity index (χ0) is 22.6. The van der Waals surface area contributed by atoms with Gasteiger partial charge in [0.1, 0.15) is 17.3 Å². The minimum Gasteiger partial charge on any atom is -0.481 e. The number of aromatic amines is 1. The van der Waals surface area contributed by atoms with Gasteiger partial charge in [0.25, 0.3) is 0 Å². The molecule has 6 nitrogen and oxygen atoms in total. The highest BCUT2D eigenvalue weighted by Crippen LogP contribution is 2.46. The summed E-state index contributed by atoms with van der Waals surface area (Å²) in [6, 6.07) is 2.49. The fourth-order valence-corrected chi connectivity index (χ4v) is 5.28. The molecule has 3 fully saturated rings. The van der Waals surface area contributed by atoms with Gasteiger partial charge >= 0.3 is 12.1 Å². The van der Waals surface area contributed by atoms with Crippen LogP contribution in [0.1, 0.15) is 31.2 Å². The third-order valence-electron chi connectivity index (χ3n) is 6.75. The molecule has 3 aliphatic rings. The van der Waals surface area contributed by atoms with Crippen molar-refractivity contribution in [3.63, 3.8) is 0 Å². The highest BCUT2D eigenvalue weighted by molar-refractivity contribution is 5.92. The maximum absolute atomic E-state index is 13.7. The molecule has 0 amide bonds. The smallest absolute Gasteiger partial charge is 0.416 e. The number of alkyl halides is 3. The molecule has 0 aromatic carbocycles. The number of pyridine rings is 2. The first-order valence-corrected chi connectivity index (χ1v) is 10.4.